The van der Waals surface area contributed by atoms with E-state index in [1.165, 1.54) is 19.3 Å². The molecule has 1 aliphatic rings. The largest absolute Gasteiger partial charge is 0.508 e. The molecule has 1 aromatic carbocycles. The molecular weight excluding hydrogens is 276 g/mol. The van der Waals surface area contributed by atoms with Crippen LogP contribution in [0.25, 0.3) is 11.3 Å². The number of nitrogens with zero attached hydrogens (tertiary/aromatic N) is 2. The number of aromatic nitrogens is 2. The molecule has 116 valence electrons. The fourth-order valence-electron chi connectivity index (χ4n) is 3.01. The quantitative estimate of drug-likeness (QED) is 0.807. The van der Waals surface area contributed by atoms with Crippen LogP contribution < -0.4 is 11.1 Å². The fraction of sp³-hybridized carbons (Fsp3) is 0.412. The molecule has 0 bridgehead atoms. The lowest BCUT2D eigenvalue weighted by molar-refractivity contribution is 0.382. The lowest BCUT2D eigenvalue weighted by Crippen LogP contribution is -2.34. The van der Waals surface area contributed by atoms with Gasteiger partial charge in [0.15, 0.2) is 0 Å². The molecule has 0 saturated carbocycles. The topological polar surface area (TPSA) is 84.1 Å². The highest BCUT2D eigenvalue weighted by molar-refractivity contribution is 5.63. The van der Waals surface area contributed by atoms with Crippen molar-refractivity contribution in [1.82, 2.24) is 15.3 Å². The van der Waals surface area contributed by atoms with Gasteiger partial charge < -0.3 is 16.2 Å². The number of aryl methyl sites for hydroxylation is 1. The van der Waals surface area contributed by atoms with Gasteiger partial charge in [-0.05, 0) is 62.1 Å². The second-order valence-corrected chi connectivity index (χ2v) is 5.87. The highest BCUT2D eigenvalue weighted by atomic mass is 16.3. The van der Waals surface area contributed by atoms with Gasteiger partial charge in [-0.2, -0.15) is 0 Å². The molecule has 0 aliphatic carbocycles. The van der Waals surface area contributed by atoms with Gasteiger partial charge in [-0.3, -0.25) is 0 Å². The van der Waals surface area contributed by atoms with Crippen molar-refractivity contribution in [3.8, 4) is 17.0 Å². The molecule has 2 aromatic rings. The Morgan fingerprint density at radius 3 is 2.95 bits per heavy atom. The number of nitrogen functional groups attached to an aromatic ring is 1. The molecule has 1 atom stereocenters. The molecule has 0 unspecified atom stereocenters. The molecule has 4 N–H and O–H groups in total. The maximum absolute atomic E-state index is 9.97. The van der Waals surface area contributed by atoms with Gasteiger partial charge in [0, 0.05) is 17.8 Å². The van der Waals surface area contributed by atoms with Crippen LogP contribution >= 0.6 is 0 Å². The molecular formula is C17H22N4O. The number of phenols is 1. The van der Waals surface area contributed by atoms with Crippen LogP contribution in [0.4, 0.5) is 5.95 Å². The zero-order valence-electron chi connectivity index (χ0n) is 12.6. The summed E-state index contributed by atoms with van der Waals surface area (Å²) in [6.07, 6.45) is 7.50. The summed E-state index contributed by atoms with van der Waals surface area (Å²) in [4.78, 5) is 8.12. The van der Waals surface area contributed by atoms with Crippen LogP contribution in [0.1, 0.15) is 31.2 Å². The third-order valence-corrected chi connectivity index (χ3v) is 4.14. The number of benzene rings is 1. The van der Waals surface area contributed by atoms with Gasteiger partial charge in [0.25, 0.3) is 0 Å². The minimum absolute atomic E-state index is 0.244. The Morgan fingerprint density at radius 1 is 1.27 bits per heavy atom. The van der Waals surface area contributed by atoms with Crippen molar-refractivity contribution in [1.29, 1.82) is 0 Å². The molecule has 0 radical (unpaired) electrons. The maximum Gasteiger partial charge on any atom is 0.220 e. The molecule has 1 fully saturated rings. The third-order valence-electron chi connectivity index (χ3n) is 4.14. The smallest absolute Gasteiger partial charge is 0.220 e. The summed E-state index contributed by atoms with van der Waals surface area (Å²) in [5.74, 6) is 0.509. The van der Waals surface area contributed by atoms with E-state index in [1.54, 1.807) is 18.3 Å². The monoisotopic (exact) mass is 298 g/mol. The van der Waals surface area contributed by atoms with Crippen LogP contribution in [0.2, 0.25) is 0 Å². The summed E-state index contributed by atoms with van der Waals surface area (Å²) in [6.45, 7) is 1.12. The molecule has 5 heteroatoms. The Balaban J connectivity index is 1.74. The zero-order valence-corrected chi connectivity index (χ0v) is 12.6. The third kappa shape index (κ3) is 3.74. The Kier molecular flexibility index (Phi) is 4.53. The predicted octanol–water partition coefficient (Wildman–Crippen LogP) is 2.51. The lowest BCUT2D eigenvalue weighted by Gasteiger charge is -2.23. The number of hydrogen-bond acceptors (Lipinski definition) is 5. The molecule has 0 spiro atoms. The Hall–Kier alpha value is -2.14. The van der Waals surface area contributed by atoms with Crippen molar-refractivity contribution in [3.63, 3.8) is 0 Å². The van der Waals surface area contributed by atoms with E-state index in [1.807, 2.05) is 6.07 Å². The highest BCUT2D eigenvalue weighted by Gasteiger charge is 2.13. The van der Waals surface area contributed by atoms with E-state index in [4.69, 9.17) is 5.73 Å². The first-order valence-electron chi connectivity index (χ1n) is 7.86. The van der Waals surface area contributed by atoms with E-state index in [0.29, 0.717) is 6.04 Å². The predicted molar refractivity (Wildman–Crippen MR) is 87.5 cm³/mol. The van der Waals surface area contributed by atoms with Crippen molar-refractivity contribution in [3.05, 3.63) is 36.0 Å². The van der Waals surface area contributed by atoms with Crippen molar-refractivity contribution < 1.29 is 5.11 Å². The highest BCUT2D eigenvalue weighted by Crippen LogP contribution is 2.25. The van der Waals surface area contributed by atoms with E-state index in [2.05, 4.69) is 21.4 Å². The normalized spacial score (nSPS) is 18.3. The van der Waals surface area contributed by atoms with Gasteiger partial charge >= 0.3 is 0 Å². The van der Waals surface area contributed by atoms with Crippen LogP contribution in [0.3, 0.4) is 0 Å². The number of aromatic hydroxyl groups is 1. The molecule has 0 amide bonds. The second-order valence-electron chi connectivity index (χ2n) is 5.87. The molecule has 2 heterocycles. The van der Waals surface area contributed by atoms with Crippen molar-refractivity contribution >= 4 is 5.95 Å². The van der Waals surface area contributed by atoms with Crippen LogP contribution in [0.15, 0.2) is 30.5 Å². The Labute approximate surface area is 130 Å². The second kappa shape index (κ2) is 6.75. The minimum Gasteiger partial charge on any atom is -0.508 e. The van der Waals surface area contributed by atoms with E-state index in [9.17, 15) is 5.11 Å². The van der Waals surface area contributed by atoms with Gasteiger partial charge in [0.1, 0.15) is 5.75 Å². The zero-order chi connectivity index (χ0) is 15.4. The average Bonchev–Trinajstić information content (AvgIpc) is 2.53. The van der Waals surface area contributed by atoms with Crippen molar-refractivity contribution in [2.75, 3.05) is 12.3 Å². The van der Waals surface area contributed by atoms with Gasteiger partial charge in [-0.1, -0.05) is 6.42 Å². The molecule has 22 heavy (non-hydrogen) atoms. The van der Waals surface area contributed by atoms with Crippen LogP contribution in [0, 0.1) is 0 Å². The van der Waals surface area contributed by atoms with Crippen molar-refractivity contribution in [2.24, 2.45) is 0 Å². The van der Waals surface area contributed by atoms with E-state index in [-0.39, 0.29) is 11.7 Å². The van der Waals surface area contributed by atoms with E-state index >= 15 is 0 Å². The molecule has 1 aromatic heterocycles. The summed E-state index contributed by atoms with van der Waals surface area (Å²) in [5, 5.41) is 13.5. The summed E-state index contributed by atoms with van der Waals surface area (Å²) in [7, 11) is 0. The molecule has 1 saturated heterocycles. The number of phenolic OH excluding ortho intramolecular Hbond substituents is 1. The average molecular weight is 298 g/mol. The number of anilines is 1. The van der Waals surface area contributed by atoms with E-state index < -0.39 is 0 Å². The number of nitrogens with one attached hydrogen (secondary N) is 1. The molecule has 3 rings (SSSR count). The number of hydrogen-bond donors (Lipinski definition) is 3. The SMILES string of the molecule is Nc1nccc(-c2cc(O)cc(CC[C@@H]3CCCCN3)c2)n1. The first kappa shape index (κ1) is 14.8. The number of nitrogens with two attached hydrogens (primary N) is 1. The first-order valence-corrected chi connectivity index (χ1v) is 7.86. The molecule has 1 aliphatic heterocycles. The van der Waals surface area contributed by atoms with Crippen LogP contribution in [-0.4, -0.2) is 27.7 Å². The van der Waals surface area contributed by atoms with Gasteiger partial charge in [-0.25, -0.2) is 9.97 Å². The standard InChI is InChI=1S/C17H22N4O/c18-17-20-8-6-16(21-17)13-9-12(10-15(22)11-13)4-5-14-3-1-2-7-19-14/h6,8-11,14,19,22H,1-5,7H2,(H2,18,20,21)/t14-/m0/s1. The maximum atomic E-state index is 9.97. The summed E-state index contributed by atoms with van der Waals surface area (Å²) in [5.41, 5.74) is 8.37. The van der Waals surface area contributed by atoms with Gasteiger partial charge in [0.2, 0.25) is 5.95 Å². The summed E-state index contributed by atoms with van der Waals surface area (Å²) >= 11 is 0. The molecule has 5 nitrogen and oxygen atoms in total. The lowest BCUT2D eigenvalue weighted by atomic mass is 9.96. The fourth-order valence-corrected chi connectivity index (χ4v) is 3.01. The Bertz CT molecular complexity index is 638. The van der Waals surface area contributed by atoms with E-state index in [0.717, 1.165) is 36.2 Å². The first-order chi connectivity index (χ1) is 10.7. The number of rotatable bonds is 4. The van der Waals surface area contributed by atoms with Crippen LogP contribution in [-0.2, 0) is 6.42 Å². The van der Waals surface area contributed by atoms with Gasteiger partial charge in [0.05, 0.1) is 5.69 Å². The van der Waals surface area contributed by atoms with Gasteiger partial charge in [-0.15, -0.1) is 0 Å². The van der Waals surface area contributed by atoms with Crippen molar-refractivity contribution in [2.45, 2.75) is 38.1 Å². The Morgan fingerprint density at radius 2 is 2.18 bits per heavy atom. The number of piperidine rings is 1. The minimum atomic E-state index is 0.244. The van der Waals surface area contributed by atoms with Crippen LogP contribution in [0.5, 0.6) is 5.75 Å². The summed E-state index contributed by atoms with van der Waals surface area (Å²) in [6, 6.07) is 8.01. The summed E-state index contributed by atoms with van der Waals surface area (Å²) < 4.78 is 0.